The van der Waals surface area contributed by atoms with Crippen molar-refractivity contribution in [3.8, 4) is 5.75 Å². The molecule has 0 aliphatic carbocycles. The zero-order valence-corrected chi connectivity index (χ0v) is 15.5. The second kappa shape index (κ2) is 9.38. The Hall–Kier alpha value is -3.35. The van der Waals surface area contributed by atoms with Crippen molar-refractivity contribution in [3.63, 3.8) is 0 Å². The third-order valence-corrected chi connectivity index (χ3v) is 3.56. The number of benzene rings is 2. The lowest BCUT2D eigenvalue weighted by molar-refractivity contribution is -0.119. The summed E-state index contributed by atoms with van der Waals surface area (Å²) in [5.74, 6) is -0.841. The molecule has 0 saturated carbocycles. The van der Waals surface area contributed by atoms with E-state index in [-0.39, 0.29) is 11.5 Å². The van der Waals surface area contributed by atoms with Crippen LogP contribution in [0.1, 0.15) is 27.6 Å². The number of hydrogen-bond donors (Lipinski definition) is 1. The van der Waals surface area contributed by atoms with Crippen molar-refractivity contribution >= 4 is 23.5 Å². The molecule has 0 fully saturated rings. The van der Waals surface area contributed by atoms with Gasteiger partial charge >= 0.3 is 5.97 Å². The molecule has 2 rings (SSSR count). The van der Waals surface area contributed by atoms with E-state index in [1.54, 1.807) is 62.6 Å². The zero-order chi connectivity index (χ0) is 19.8. The molecule has 0 saturated heterocycles. The lowest BCUT2D eigenvalue weighted by atomic mass is 10.2. The van der Waals surface area contributed by atoms with E-state index in [9.17, 15) is 14.4 Å². The normalized spacial score (nSPS) is 10.0. The minimum atomic E-state index is -0.638. The summed E-state index contributed by atoms with van der Waals surface area (Å²) in [7, 11) is 3.33. The van der Waals surface area contributed by atoms with Gasteiger partial charge in [0.2, 0.25) is 0 Å². The Morgan fingerprint density at radius 3 is 2.30 bits per heavy atom. The summed E-state index contributed by atoms with van der Waals surface area (Å²) < 4.78 is 10.4. The van der Waals surface area contributed by atoms with Gasteiger partial charge in [0, 0.05) is 25.3 Å². The van der Waals surface area contributed by atoms with Crippen LogP contribution < -0.4 is 10.1 Å². The molecule has 7 nitrogen and oxygen atoms in total. The highest BCUT2D eigenvalue weighted by Crippen LogP contribution is 2.19. The number of nitrogens with zero attached hydrogens (tertiary/aromatic N) is 1. The molecule has 1 N–H and O–H groups in total. The average Bonchev–Trinajstić information content (AvgIpc) is 2.67. The topological polar surface area (TPSA) is 84.9 Å². The number of para-hydroxylation sites is 1. The van der Waals surface area contributed by atoms with E-state index in [0.717, 1.165) is 0 Å². The van der Waals surface area contributed by atoms with Crippen molar-refractivity contribution in [1.82, 2.24) is 4.90 Å². The zero-order valence-electron chi connectivity index (χ0n) is 15.5. The molecule has 0 aliphatic rings. The Labute approximate surface area is 157 Å². The largest absolute Gasteiger partial charge is 0.493 e. The van der Waals surface area contributed by atoms with E-state index in [1.165, 1.54) is 4.90 Å². The van der Waals surface area contributed by atoms with Crippen LogP contribution in [0.25, 0.3) is 0 Å². The molecule has 0 radical (unpaired) electrons. The number of nitrogens with one attached hydrogen (secondary N) is 1. The van der Waals surface area contributed by atoms with E-state index in [1.807, 2.05) is 6.92 Å². The van der Waals surface area contributed by atoms with Crippen molar-refractivity contribution in [3.05, 3.63) is 59.7 Å². The van der Waals surface area contributed by atoms with Crippen molar-refractivity contribution < 1.29 is 23.9 Å². The van der Waals surface area contributed by atoms with Gasteiger partial charge in [-0.05, 0) is 43.3 Å². The smallest absolute Gasteiger partial charge is 0.342 e. The summed E-state index contributed by atoms with van der Waals surface area (Å²) in [4.78, 5) is 37.4. The standard InChI is InChI=1S/C20H22N2O5/c1-4-26-17-8-6-5-7-16(17)20(25)27-13-18(23)21-15-11-9-14(10-12-15)19(24)22(2)3/h5-12H,4,13H2,1-3H3,(H,21,23). The first-order chi connectivity index (χ1) is 12.9. The second-order valence-electron chi connectivity index (χ2n) is 5.83. The van der Waals surface area contributed by atoms with Gasteiger partial charge in [-0.15, -0.1) is 0 Å². The molecule has 142 valence electrons. The Bertz CT molecular complexity index is 815. The first-order valence-electron chi connectivity index (χ1n) is 8.43. The number of carbonyl (C=O) groups is 3. The quantitative estimate of drug-likeness (QED) is 0.757. The predicted molar refractivity (Wildman–Crippen MR) is 101 cm³/mol. The van der Waals surface area contributed by atoms with Crippen molar-refractivity contribution in [2.24, 2.45) is 0 Å². The van der Waals surface area contributed by atoms with Crippen molar-refractivity contribution in [1.29, 1.82) is 0 Å². The highest BCUT2D eigenvalue weighted by Gasteiger charge is 2.15. The van der Waals surface area contributed by atoms with E-state index >= 15 is 0 Å². The molecule has 0 spiro atoms. The number of ether oxygens (including phenoxy) is 2. The SMILES string of the molecule is CCOc1ccccc1C(=O)OCC(=O)Nc1ccc(C(=O)N(C)C)cc1. The Balaban J connectivity index is 1.91. The lowest BCUT2D eigenvalue weighted by Gasteiger charge is -2.11. The van der Waals surface area contributed by atoms with Crippen LogP contribution in [0.5, 0.6) is 5.75 Å². The Morgan fingerprint density at radius 1 is 1.00 bits per heavy atom. The molecule has 0 unspecified atom stereocenters. The van der Waals surface area contributed by atoms with Crippen LogP contribution >= 0.6 is 0 Å². The molecular formula is C20H22N2O5. The fraction of sp³-hybridized carbons (Fsp3) is 0.250. The highest BCUT2D eigenvalue weighted by molar-refractivity contribution is 5.97. The Kier molecular flexibility index (Phi) is 6.93. The van der Waals surface area contributed by atoms with Crippen LogP contribution in [0.15, 0.2) is 48.5 Å². The number of anilines is 1. The minimum Gasteiger partial charge on any atom is -0.493 e. The van der Waals surface area contributed by atoms with Gasteiger partial charge in [-0.1, -0.05) is 12.1 Å². The van der Waals surface area contributed by atoms with Gasteiger partial charge in [-0.2, -0.15) is 0 Å². The average molecular weight is 370 g/mol. The van der Waals surface area contributed by atoms with Crippen molar-refractivity contribution in [2.75, 3.05) is 32.6 Å². The molecule has 0 aliphatic heterocycles. The van der Waals surface area contributed by atoms with Crippen LogP contribution in [-0.4, -0.2) is 50.0 Å². The van der Waals surface area contributed by atoms with Crippen LogP contribution in [0.3, 0.4) is 0 Å². The van der Waals surface area contributed by atoms with E-state index in [4.69, 9.17) is 9.47 Å². The maximum absolute atomic E-state index is 12.2. The molecule has 27 heavy (non-hydrogen) atoms. The summed E-state index contributed by atoms with van der Waals surface area (Å²) in [5, 5.41) is 2.61. The highest BCUT2D eigenvalue weighted by atomic mass is 16.5. The summed E-state index contributed by atoms with van der Waals surface area (Å²) in [6.45, 7) is 1.79. The van der Waals surface area contributed by atoms with Gasteiger partial charge in [-0.3, -0.25) is 9.59 Å². The van der Waals surface area contributed by atoms with Gasteiger partial charge in [0.1, 0.15) is 11.3 Å². The van der Waals surface area contributed by atoms with E-state index in [2.05, 4.69) is 5.32 Å². The van der Waals surface area contributed by atoms with E-state index in [0.29, 0.717) is 23.6 Å². The second-order valence-corrected chi connectivity index (χ2v) is 5.83. The van der Waals surface area contributed by atoms with Gasteiger partial charge in [0.15, 0.2) is 6.61 Å². The number of rotatable bonds is 7. The minimum absolute atomic E-state index is 0.130. The van der Waals surface area contributed by atoms with Gasteiger partial charge in [0.05, 0.1) is 6.61 Å². The molecule has 0 heterocycles. The van der Waals surface area contributed by atoms with Crippen LogP contribution in [0.2, 0.25) is 0 Å². The summed E-state index contributed by atoms with van der Waals surface area (Å²) >= 11 is 0. The monoisotopic (exact) mass is 370 g/mol. The summed E-state index contributed by atoms with van der Waals surface area (Å²) in [6, 6.07) is 13.1. The van der Waals surface area contributed by atoms with Gasteiger partial charge in [-0.25, -0.2) is 4.79 Å². The van der Waals surface area contributed by atoms with E-state index < -0.39 is 18.5 Å². The molecule has 2 aromatic carbocycles. The molecule has 0 aromatic heterocycles. The van der Waals surface area contributed by atoms with Gasteiger partial charge in [0.25, 0.3) is 11.8 Å². The molecule has 0 atom stereocenters. The third-order valence-electron chi connectivity index (χ3n) is 3.56. The maximum Gasteiger partial charge on any atom is 0.342 e. The summed E-state index contributed by atoms with van der Waals surface area (Å²) in [5.41, 5.74) is 1.27. The third kappa shape index (κ3) is 5.57. The van der Waals surface area contributed by atoms with Gasteiger partial charge < -0.3 is 19.7 Å². The molecule has 2 amide bonds. The number of amides is 2. The fourth-order valence-corrected chi connectivity index (χ4v) is 2.28. The number of carbonyl (C=O) groups excluding carboxylic acids is 3. The van der Waals surface area contributed by atoms with Crippen LogP contribution in [0, 0.1) is 0 Å². The number of hydrogen-bond acceptors (Lipinski definition) is 5. The lowest BCUT2D eigenvalue weighted by Crippen LogP contribution is -2.22. The molecule has 0 bridgehead atoms. The summed E-state index contributed by atoms with van der Waals surface area (Å²) in [6.07, 6.45) is 0. The number of esters is 1. The van der Waals surface area contributed by atoms with Crippen LogP contribution in [-0.2, 0) is 9.53 Å². The maximum atomic E-state index is 12.2. The van der Waals surface area contributed by atoms with Crippen LogP contribution in [0.4, 0.5) is 5.69 Å². The fourth-order valence-electron chi connectivity index (χ4n) is 2.28. The predicted octanol–water partition coefficient (Wildman–Crippen LogP) is 2.58. The Morgan fingerprint density at radius 2 is 1.67 bits per heavy atom. The first kappa shape index (κ1) is 20.0. The molecule has 2 aromatic rings. The molecule has 7 heteroatoms. The van der Waals surface area contributed by atoms with Crippen molar-refractivity contribution in [2.45, 2.75) is 6.92 Å². The molecular weight excluding hydrogens is 348 g/mol. The first-order valence-corrected chi connectivity index (χ1v) is 8.43.